The zero-order valence-electron chi connectivity index (χ0n) is 14.6. The van der Waals surface area contributed by atoms with E-state index in [0.717, 1.165) is 9.90 Å². The Kier molecular flexibility index (Phi) is 6.66. The molecule has 138 valence electrons. The predicted octanol–water partition coefficient (Wildman–Crippen LogP) is 5.26. The van der Waals surface area contributed by atoms with Gasteiger partial charge < -0.3 is 5.32 Å². The van der Waals surface area contributed by atoms with Gasteiger partial charge in [-0.1, -0.05) is 59.8 Å². The third-order valence-corrected chi connectivity index (χ3v) is 6.32. The molecule has 3 aromatic rings. The van der Waals surface area contributed by atoms with Gasteiger partial charge >= 0.3 is 0 Å². The van der Waals surface area contributed by atoms with E-state index in [1.54, 1.807) is 24.3 Å². The third kappa shape index (κ3) is 5.42. The lowest BCUT2D eigenvalue weighted by molar-refractivity contribution is -0.115. The van der Waals surface area contributed by atoms with Crippen molar-refractivity contribution in [2.75, 3.05) is 11.1 Å². The fraction of sp³-hybridized carbons (Fsp3) is 0.150. The fourth-order valence-corrected chi connectivity index (χ4v) is 4.29. The molecule has 0 saturated carbocycles. The van der Waals surface area contributed by atoms with Crippen LogP contribution in [0.5, 0.6) is 0 Å². The van der Waals surface area contributed by atoms with Crippen molar-refractivity contribution in [1.82, 2.24) is 4.98 Å². The van der Waals surface area contributed by atoms with E-state index >= 15 is 0 Å². The SMILES string of the molecule is Cc1c(Cl)cccc1NC(=O)Cc1csc(SCC(=O)c2ccccc2)n1. The molecule has 1 heterocycles. The number of Topliss-reactive ketones (excluding diaryl/α,β-unsaturated/α-hetero) is 1. The molecule has 0 fully saturated rings. The molecule has 0 radical (unpaired) electrons. The second kappa shape index (κ2) is 9.17. The lowest BCUT2D eigenvalue weighted by atomic mass is 10.2. The van der Waals surface area contributed by atoms with Crippen LogP contribution in [-0.4, -0.2) is 22.4 Å². The first kappa shape index (κ1) is 19.6. The number of carbonyl (C=O) groups excluding carboxylic acids is 2. The van der Waals surface area contributed by atoms with Crippen molar-refractivity contribution in [3.05, 3.63) is 75.8 Å². The van der Waals surface area contributed by atoms with E-state index in [4.69, 9.17) is 11.6 Å². The topological polar surface area (TPSA) is 59.1 Å². The number of anilines is 1. The number of benzene rings is 2. The van der Waals surface area contributed by atoms with E-state index in [-0.39, 0.29) is 18.1 Å². The molecule has 0 saturated heterocycles. The first-order chi connectivity index (χ1) is 13.0. The number of nitrogens with one attached hydrogen (secondary N) is 1. The molecule has 1 amide bonds. The number of halogens is 1. The number of hydrogen-bond donors (Lipinski definition) is 1. The number of carbonyl (C=O) groups is 2. The first-order valence-corrected chi connectivity index (χ1v) is 10.5. The zero-order chi connectivity index (χ0) is 19.2. The Balaban J connectivity index is 1.54. The predicted molar refractivity (Wildman–Crippen MR) is 112 cm³/mol. The summed E-state index contributed by atoms with van der Waals surface area (Å²) in [5.41, 5.74) is 2.91. The number of thioether (sulfide) groups is 1. The van der Waals surface area contributed by atoms with Gasteiger partial charge in [-0.3, -0.25) is 9.59 Å². The molecular formula is C20H17ClN2O2S2. The molecule has 0 atom stereocenters. The second-order valence-corrected chi connectivity index (χ2v) is 8.31. The highest BCUT2D eigenvalue weighted by Crippen LogP contribution is 2.25. The van der Waals surface area contributed by atoms with Crippen molar-refractivity contribution < 1.29 is 9.59 Å². The number of ketones is 1. The summed E-state index contributed by atoms with van der Waals surface area (Å²) in [6.07, 6.45) is 0.176. The van der Waals surface area contributed by atoms with Crippen LogP contribution in [-0.2, 0) is 11.2 Å². The van der Waals surface area contributed by atoms with Gasteiger partial charge in [0.1, 0.15) is 0 Å². The molecule has 0 aliphatic rings. The summed E-state index contributed by atoms with van der Waals surface area (Å²) in [4.78, 5) is 28.8. The van der Waals surface area contributed by atoms with Gasteiger partial charge in [-0.15, -0.1) is 11.3 Å². The second-order valence-electron chi connectivity index (χ2n) is 5.82. The third-order valence-electron chi connectivity index (χ3n) is 3.84. The Morgan fingerprint density at radius 2 is 1.93 bits per heavy atom. The Bertz CT molecular complexity index is 958. The fourth-order valence-electron chi connectivity index (χ4n) is 2.37. The van der Waals surface area contributed by atoms with Crippen LogP contribution >= 0.6 is 34.7 Å². The van der Waals surface area contributed by atoms with E-state index in [2.05, 4.69) is 10.3 Å². The monoisotopic (exact) mass is 416 g/mol. The van der Waals surface area contributed by atoms with Crippen LogP contribution in [0.2, 0.25) is 5.02 Å². The minimum absolute atomic E-state index is 0.0616. The number of aromatic nitrogens is 1. The Morgan fingerprint density at radius 1 is 1.15 bits per heavy atom. The summed E-state index contributed by atoms with van der Waals surface area (Å²) >= 11 is 8.90. The maximum absolute atomic E-state index is 12.3. The molecule has 3 rings (SSSR count). The van der Waals surface area contributed by atoms with Gasteiger partial charge in [0.25, 0.3) is 0 Å². The smallest absolute Gasteiger partial charge is 0.230 e. The van der Waals surface area contributed by atoms with Crippen molar-refractivity contribution in [1.29, 1.82) is 0 Å². The number of hydrogen-bond acceptors (Lipinski definition) is 5. The molecule has 7 heteroatoms. The van der Waals surface area contributed by atoms with Gasteiger partial charge in [-0.2, -0.15) is 0 Å². The lowest BCUT2D eigenvalue weighted by Crippen LogP contribution is -2.15. The highest BCUT2D eigenvalue weighted by molar-refractivity contribution is 8.01. The molecule has 4 nitrogen and oxygen atoms in total. The van der Waals surface area contributed by atoms with Crippen LogP contribution in [0.3, 0.4) is 0 Å². The normalized spacial score (nSPS) is 10.6. The van der Waals surface area contributed by atoms with Gasteiger partial charge in [0.15, 0.2) is 10.1 Å². The largest absolute Gasteiger partial charge is 0.325 e. The van der Waals surface area contributed by atoms with E-state index in [1.807, 2.05) is 36.6 Å². The molecule has 0 unspecified atom stereocenters. The van der Waals surface area contributed by atoms with Crippen molar-refractivity contribution in [2.24, 2.45) is 0 Å². The molecule has 1 N–H and O–H groups in total. The Hall–Kier alpha value is -2.15. The number of rotatable bonds is 7. The van der Waals surface area contributed by atoms with Gasteiger partial charge in [0.2, 0.25) is 5.91 Å². The van der Waals surface area contributed by atoms with Crippen molar-refractivity contribution in [3.63, 3.8) is 0 Å². The summed E-state index contributed by atoms with van der Waals surface area (Å²) in [7, 11) is 0. The molecule has 0 aliphatic carbocycles. The average Bonchev–Trinajstić information content (AvgIpc) is 3.11. The van der Waals surface area contributed by atoms with Crippen molar-refractivity contribution >= 4 is 52.1 Å². The summed E-state index contributed by atoms with van der Waals surface area (Å²) in [5, 5.41) is 5.32. The molecule has 1 aromatic heterocycles. The quantitative estimate of drug-likeness (QED) is 0.421. The average molecular weight is 417 g/mol. The van der Waals surface area contributed by atoms with Crippen LogP contribution in [0, 0.1) is 6.92 Å². The minimum atomic E-state index is -0.150. The molecule has 27 heavy (non-hydrogen) atoms. The highest BCUT2D eigenvalue weighted by atomic mass is 35.5. The number of nitrogens with zero attached hydrogens (tertiary/aromatic N) is 1. The highest BCUT2D eigenvalue weighted by Gasteiger charge is 2.12. The van der Waals surface area contributed by atoms with E-state index in [9.17, 15) is 9.59 Å². The number of amides is 1. The number of thiazole rings is 1. The zero-order valence-corrected chi connectivity index (χ0v) is 17.0. The van der Waals surface area contributed by atoms with Crippen LogP contribution in [0.1, 0.15) is 21.6 Å². The van der Waals surface area contributed by atoms with Gasteiger partial charge in [-0.05, 0) is 24.6 Å². The summed E-state index contributed by atoms with van der Waals surface area (Å²) in [6, 6.07) is 14.6. The Labute approximate surface area is 171 Å². The van der Waals surface area contributed by atoms with Crippen LogP contribution < -0.4 is 5.32 Å². The standard InChI is InChI=1S/C20H17ClN2O2S2/c1-13-16(21)8-5-9-17(13)23-19(25)10-15-11-26-20(22-15)27-12-18(24)14-6-3-2-4-7-14/h2-9,11H,10,12H2,1H3,(H,23,25). The van der Waals surface area contributed by atoms with Crippen LogP contribution in [0.15, 0.2) is 58.3 Å². The van der Waals surface area contributed by atoms with Gasteiger partial charge in [0.05, 0.1) is 17.9 Å². The molecular weight excluding hydrogens is 400 g/mol. The lowest BCUT2D eigenvalue weighted by Gasteiger charge is -2.08. The van der Waals surface area contributed by atoms with Crippen LogP contribution in [0.4, 0.5) is 5.69 Å². The van der Waals surface area contributed by atoms with E-state index < -0.39 is 0 Å². The van der Waals surface area contributed by atoms with Gasteiger partial charge in [0, 0.05) is 21.7 Å². The Morgan fingerprint density at radius 3 is 2.70 bits per heavy atom. The minimum Gasteiger partial charge on any atom is -0.325 e. The van der Waals surface area contributed by atoms with E-state index in [0.29, 0.717) is 27.7 Å². The van der Waals surface area contributed by atoms with Crippen molar-refractivity contribution in [3.8, 4) is 0 Å². The van der Waals surface area contributed by atoms with Gasteiger partial charge in [-0.25, -0.2) is 4.98 Å². The molecule has 2 aromatic carbocycles. The maximum Gasteiger partial charge on any atom is 0.230 e. The molecule has 0 spiro atoms. The molecule has 0 aliphatic heterocycles. The molecule has 0 bridgehead atoms. The summed E-state index contributed by atoms with van der Waals surface area (Å²) in [5.74, 6) is 0.235. The summed E-state index contributed by atoms with van der Waals surface area (Å²) in [6.45, 7) is 1.86. The maximum atomic E-state index is 12.3. The van der Waals surface area contributed by atoms with E-state index in [1.165, 1.54) is 23.1 Å². The summed E-state index contributed by atoms with van der Waals surface area (Å²) < 4.78 is 0.779. The van der Waals surface area contributed by atoms with Crippen molar-refractivity contribution in [2.45, 2.75) is 17.7 Å². The first-order valence-electron chi connectivity index (χ1n) is 8.23. The van der Waals surface area contributed by atoms with Crippen LogP contribution in [0.25, 0.3) is 0 Å².